The molecule has 1 aliphatic rings. The molecule has 1 unspecified atom stereocenters. The van der Waals surface area contributed by atoms with Crippen LogP contribution in [0.25, 0.3) is 0 Å². The van der Waals surface area contributed by atoms with E-state index in [9.17, 15) is 22.4 Å². The lowest BCUT2D eigenvalue weighted by atomic mass is 10.1. The first kappa shape index (κ1) is 18.3. The Morgan fingerprint density at radius 1 is 1.33 bits per heavy atom. The van der Waals surface area contributed by atoms with Crippen molar-refractivity contribution in [1.29, 1.82) is 0 Å². The Balaban J connectivity index is 1.92. The van der Waals surface area contributed by atoms with Gasteiger partial charge in [0, 0.05) is 19.4 Å². The number of aryl methyl sites for hydroxylation is 1. The molecule has 0 radical (unpaired) electrons. The van der Waals surface area contributed by atoms with E-state index in [-0.39, 0.29) is 30.2 Å². The zero-order chi connectivity index (χ0) is 18.0. The van der Waals surface area contributed by atoms with Gasteiger partial charge < -0.3 is 10.0 Å². The second-order valence-corrected chi connectivity index (χ2v) is 7.57. The fourth-order valence-corrected chi connectivity index (χ4v) is 3.25. The Kier molecular flexibility index (Phi) is 5.24. The lowest BCUT2D eigenvalue weighted by Crippen LogP contribution is -2.38. The third-order valence-corrected chi connectivity index (χ3v) is 5.52. The number of carbonyl (C=O) groups excluding carboxylic acids is 1. The predicted molar refractivity (Wildman–Crippen MR) is 83.7 cm³/mol. The van der Waals surface area contributed by atoms with Crippen LogP contribution in [0.3, 0.4) is 0 Å². The number of carbonyl (C=O) groups is 2. The number of carboxylic acids is 1. The molecule has 24 heavy (non-hydrogen) atoms. The molecule has 1 aromatic rings. The summed E-state index contributed by atoms with van der Waals surface area (Å²) in [5, 5.41) is 8.82. The molecule has 7 nitrogen and oxygen atoms in total. The van der Waals surface area contributed by atoms with Gasteiger partial charge in [0.2, 0.25) is 21.6 Å². The number of halogens is 1. The number of carboxylic acid groups (broad SMARTS) is 1. The van der Waals surface area contributed by atoms with E-state index in [0.717, 1.165) is 5.56 Å². The molecule has 2 N–H and O–H groups in total. The number of rotatable bonds is 6. The van der Waals surface area contributed by atoms with Crippen LogP contribution in [-0.2, 0) is 26.0 Å². The standard InChI is InChI=1S/C15H19FN2O5S/c1-17-24(22,23)12-5-2-11(3-6-12)4-7-13(19)18-9-8-15(16,10-18)14(20)21/h2-3,5-6,17H,4,7-10H2,1H3,(H,20,21). The summed E-state index contributed by atoms with van der Waals surface area (Å²) >= 11 is 0. The maximum atomic E-state index is 13.9. The minimum Gasteiger partial charge on any atom is -0.479 e. The molecule has 1 saturated heterocycles. The maximum Gasteiger partial charge on any atom is 0.343 e. The molecule has 1 aliphatic heterocycles. The normalized spacial score (nSPS) is 21.0. The van der Waals surface area contributed by atoms with E-state index in [2.05, 4.69) is 4.72 Å². The molecular weight excluding hydrogens is 339 g/mol. The van der Waals surface area contributed by atoms with E-state index < -0.39 is 28.2 Å². The number of sulfonamides is 1. The van der Waals surface area contributed by atoms with Crippen molar-refractivity contribution in [2.24, 2.45) is 0 Å². The summed E-state index contributed by atoms with van der Waals surface area (Å²) in [6.07, 6.45) is 0.264. The van der Waals surface area contributed by atoms with Crippen LogP contribution in [0.1, 0.15) is 18.4 Å². The molecule has 9 heteroatoms. The molecule has 1 heterocycles. The van der Waals surface area contributed by atoms with E-state index in [1.807, 2.05) is 0 Å². The Morgan fingerprint density at radius 2 is 1.96 bits per heavy atom. The predicted octanol–water partition coefficient (Wildman–Crippen LogP) is 0.552. The Hall–Kier alpha value is -2.00. The van der Waals surface area contributed by atoms with Crippen molar-refractivity contribution in [1.82, 2.24) is 9.62 Å². The van der Waals surface area contributed by atoms with Gasteiger partial charge in [0.05, 0.1) is 11.4 Å². The largest absolute Gasteiger partial charge is 0.479 e. The number of hydrogen-bond donors (Lipinski definition) is 2. The topological polar surface area (TPSA) is 104 Å². The zero-order valence-electron chi connectivity index (χ0n) is 13.2. The average Bonchev–Trinajstić information content (AvgIpc) is 2.97. The summed E-state index contributed by atoms with van der Waals surface area (Å²) in [7, 11) is -2.18. The van der Waals surface area contributed by atoms with Crippen LogP contribution in [0.4, 0.5) is 4.39 Å². The SMILES string of the molecule is CNS(=O)(=O)c1ccc(CCC(=O)N2CCC(F)(C(=O)O)C2)cc1. The molecule has 0 bridgehead atoms. The van der Waals surface area contributed by atoms with Crippen LogP contribution >= 0.6 is 0 Å². The van der Waals surface area contributed by atoms with Crippen LogP contribution in [0.2, 0.25) is 0 Å². The second kappa shape index (κ2) is 6.86. The first-order valence-corrected chi connectivity index (χ1v) is 8.89. The van der Waals surface area contributed by atoms with Gasteiger partial charge in [-0.15, -0.1) is 0 Å². The number of alkyl halides is 1. The molecule has 1 amide bonds. The average molecular weight is 358 g/mol. The van der Waals surface area contributed by atoms with Crippen LogP contribution in [-0.4, -0.2) is 56.1 Å². The van der Waals surface area contributed by atoms with Crippen molar-refractivity contribution in [3.63, 3.8) is 0 Å². The van der Waals surface area contributed by atoms with Crippen molar-refractivity contribution in [3.8, 4) is 0 Å². The van der Waals surface area contributed by atoms with Crippen molar-refractivity contribution in [3.05, 3.63) is 29.8 Å². The summed E-state index contributed by atoms with van der Waals surface area (Å²) in [5.74, 6) is -1.86. The number of likely N-dealkylation sites (tertiary alicyclic amines) is 1. The highest BCUT2D eigenvalue weighted by atomic mass is 32.2. The van der Waals surface area contributed by atoms with Crippen LogP contribution in [0, 0.1) is 0 Å². The third-order valence-electron chi connectivity index (χ3n) is 4.09. The van der Waals surface area contributed by atoms with Crippen molar-refractivity contribution in [2.45, 2.75) is 29.8 Å². The molecule has 0 aliphatic carbocycles. The summed E-state index contributed by atoms with van der Waals surface area (Å²) in [5.41, 5.74) is -1.60. The molecule has 132 valence electrons. The molecule has 0 saturated carbocycles. The number of nitrogens with zero attached hydrogens (tertiary/aromatic N) is 1. The van der Waals surface area contributed by atoms with Gasteiger partial charge in [0.25, 0.3) is 0 Å². The van der Waals surface area contributed by atoms with E-state index >= 15 is 0 Å². The number of aliphatic carboxylic acids is 1. The molecule has 0 aromatic heterocycles. The highest BCUT2D eigenvalue weighted by Crippen LogP contribution is 2.26. The van der Waals surface area contributed by atoms with Gasteiger partial charge in [0.1, 0.15) is 0 Å². The van der Waals surface area contributed by atoms with Gasteiger partial charge in [0.15, 0.2) is 0 Å². The summed E-state index contributed by atoms with van der Waals surface area (Å²) in [6.45, 7) is -0.346. The van der Waals surface area contributed by atoms with E-state index in [1.165, 1.54) is 24.1 Å². The lowest BCUT2D eigenvalue weighted by Gasteiger charge is -2.17. The van der Waals surface area contributed by atoms with Crippen molar-refractivity contribution in [2.75, 3.05) is 20.1 Å². The Morgan fingerprint density at radius 3 is 2.46 bits per heavy atom. The zero-order valence-corrected chi connectivity index (χ0v) is 14.0. The highest BCUT2D eigenvalue weighted by molar-refractivity contribution is 7.89. The van der Waals surface area contributed by atoms with E-state index in [1.54, 1.807) is 12.1 Å². The first-order valence-electron chi connectivity index (χ1n) is 7.40. The van der Waals surface area contributed by atoms with Crippen LogP contribution in [0.5, 0.6) is 0 Å². The Bertz CT molecular complexity index is 735. The van der Waals surface area contributed by atoms with Gasteiger partial charge in [-0.3, -0.25) is 4.79 Å². The monoisotopic (exact) mass is 358 g/mol. The van der Waals surface area contributed by atoms with Gasteiger partial charge in [-0.1, -0.05) is 12.1 Å². The number of benzene rings is 1. The van der Waals surface area contributed by atoms with Gasteiger partial charge in [-0.2, -0.15) is 0 Å². The molecule has 1 atom stereocenters. The summed E-state index contributed by atoms with van der Waals surface area (Å²) in [4.78, 5) is 24.2. The van der Waals surface area contributed by atoms with Crippen LogP contribution in [0.15, 0.2) is 29.2 Å². The third kappa shape index (κ3) is 3.90. The Labute approximate surface area is 139 Å². The molecule has 1 aromatic carbocycles. The number of amides is 1. The summed E-state index contributed by atoms with van der Waals surface area (Å²) < 4.78 is 39.4. The maximum absolute atomic E-state index is 13.9. The van der Waals surface area contributed by atoms with Gasteiger partial charge in [-0.25, -0.2) is 22.3 Å². The number of hydrogen-bond acceptors (Lipinski definition) is 4. The lowest BCUT2D eigenvalue weighted by molar-refractivity contribution is -0.150. The fraction of sp³-hybridized carbons (Fsp3) is 0.467. The smallest absolute Gasteiger partial charge is 0.343 e. The minimum absolute atomic E-state index is 0.0843. The highest BCUT2D eigenvalue weighted by Gasteiger charge is 2.46. The molecule has 0 spiro atoms. The summed E-state index contributed by atoms with van der Waals surface area (Å²) in [6, 6.07) is 6.10. The van der Waals surface area contributed by atoms with E-state index in [0.29, 0.717) is 6.42 Å². The second-order valence-electron chi connectivity index (χ2n) is 5.69. The van der Waals surface area contributed by atoms with E-state index in [4.69, 9.17) is 5.11 Å². The van der Waals surface area contributed by atoms with Gasteiger partial charge >= 0.3 is 5.97 Å². The number of nitrogens with one attached hydrogen (secondary N) is 1. The molecule has 1 fully saturated rings. The van der Waals surface area contributed by atoms with Gasteiger partial charge in [-0.05, 0) is 31.2 Å². The van der Waals surface area contributed by atoms with Crippen molar-refractivity contribution >= 4 is 21.9 Å². The molecular formula is C15H19FN2O5S. The van der Waals surface area contributed by atoms with Crippen LogP contribution < -0.4 is 4.72 Å². The van der Waals surface area contributed by atoms with Crippen molar-refractivity contribution < 1.29 is 27.5 Å². The first-order chi connectivity index (χ1) is 11.2. The quantitative estimate of drug-likeness (QED) is 0.773. The minimum atomic E-state index is -3.50. The molecule has 2 rings (SSSR count). The fourth-order valence-electron chi connectivity index (χ4n) is 2.52.